The van der Waals surface area contributed by atoms with Crippen molar-refractivity contribution < 1.29 is 14.7 Å². The Morgan fingerprint density at radius 1 is 1.12 bits per heavy atom. The molecule has 0 fully saturated rings. The Morgan fingerprint density at radius 3 is 2.64 bits per heavy atom. The molecule has 0 saturated heterocycles. The number of fused-ring (bicyclic) bond motifs is 1. The molecule has 2 aromatic carbocycles. The number of hydrogen-bond acceptors (Lipinski definition) is 5. The van der Waals surface area contributed by atoms with E-state index in [1.54, 1.807) is 31.4 Å². The summed E-state index contributed by atoms with van der Waals surface area (Å²) in [6.07, 6.45) is 2.56. The second-order valence-corrected chi connectivity index (χ2v) is 8.43. The molecular weight excluding hydrogens is 436 g/mol. The van der Waals surface area contributed by atoms with Crippen molar-refractivity contribution >= 4 is 51.1 Å². The molecule has 3 aromatic rings. The van der Waals surface area contributed by atoms with E-state index in [0.717, 1.165) is 17.3 Å². The number of anilines is 1. The van der Waals surface area contributed by atoms with Gasteiger partial charge in [0.15, 0.2) is 5.84 Å². The first kappa shape index (κ1) is 24.1. The van der Waals surface area contributed by atoms with Gasteiger partial charge in [0.05, 0.1) is 16.3 Å². The topological polar surface area (TPSA) is 104 Å². The minimum Gasteiger partial charge on any atom is -0.481 e. The number of rotatable bonds is 7. The molecule has 0 aliphatic heterocycles. The molecule has 1 amide bonds. The summed E-state index contributed by atoms with van der Waals surface area (Å²) in [7, 11) is 1.63. The van der Waals surface area contributed by atoms with E-state index in [-0.39, 0.29) is 17.6 Å². The lowest BCUT2D eigenvalue weighted by molar-refractivity contribution is -0.133. The Bertz CT molecular complexity index is 1220. The number of benzene rings is 2. The number of aliphatic carboxylic acids is 1. The van der Waals surface area contributed by atoms with E-state index in [9.17, 15) is 9.59 Å². The summed E-state index contributed by atoms with van der Waals surface area (Å²) in [6, 6.07) is 16.4. The number of pyridine rings is 1. The number of carbonyl (C=O) groups is 2. The number of aromatic nitrogens is 1. The number of carbonyl (C=O) groups excluding carboxylic acids is 1. The van der Waals surface area contributed by atoms with Gasteiger partial charge in [-0.2, -0.15) is 0 Å². The van der Waals surface area contributed by atoms with Crippen LogP contribution in [0.15, 0.2) is 70.8 Å². The van der Waals surface area contributed by atoms with Crippen LogP contribution in [0.4, 0.5) is 5.69 Å². The SMILES string of the molecule is CCC(C)C(=NC(=NC)c1cccc(C(=O)Nc2ccc3ncccc3c2)c1)SCC(=O)O. The summed E-state index contributed by atoms with van der Waals surface area (Å²) in [5.74, 6) is -0.658. The van der Waals surface area contributed by atoms with Gasteiger partial charge in [-0.25, -0.2) is 4.99 Å². The molecule has 8 heteroatoms. The van der Waals surface area contributed by atoms with Crippen LogP contribution in [-0.4, -0.2) is 45.6 Å². The molecule has 0 aliphatic rings. The lowest BCUT2D eigenvalue weighted by Crippen LogP contribution is -2.14. The minimum absolute atomic E-state index is 0.0656. The predicted octanol–water partition coefficient (Wildman–Crippen LogP) is 5.13. The highest BCUT2D eigenvalue weighted by atomic mass is 32.2. The zero-order valence-electron chi connectivity index (χ0n) is 18.8. The number of hydrogen-bond donors (Lipinski definition) is 2. The normalized spacial score (nSPS) is 13.1. The molecule has 1 aromatic heterocycles. The maximum Gasteiger partial charge on any atom is 0.313 e. The molecule has 1 atom stereocenters. The third-order valence-corrected chi connectivity index (χ3v) is 6.23. The number of amidine groups is 1. The average molecular weight is 463 g/mol. The number of carboxylic acid groups (broad SMARTS) is 1. The number of nitrogens with zero attached hydrogens (tertiary/aromatic N) is 3. The summed E-state index contributed by atoms with van der Waals surface area (Å²) in [5, 5.41) is 13.6. The quantitative estimate of drug-likeness (QED) is 0.374. The van der Waals surface area contributed by atoms with E-state index in [0.29, 0.717) is 27.7 Å². The van der Waals surface area contributed by atoms with Crippen molar-refractivity contribution in [1.82, 2.24) is 4.98 Å². The van der Waals surface area contributed by atoms with Gasteiger partial charge in [0.2, 0.25) is 0 Å². The van der Waals surface area contributed by atoms with Crippen molar-refractivity contribution in [3.8, 4) is 0 Å². The number of amides is 1. The molecule has 3 rings (SSSR count). The van der Waals surface area contributed by atoms with Crippen molar-refractivity contribution in [2.75, 3.05) is 18.1 Å². The Balaban J connectivity index is 1.83. The van der Waals surface area contributed by atoms with Gasteiger partial charge in [0, 0.05) is 41.4 Å². The van der Waals surface area contributed by atoms with E-state index in [1.807, 2.05) is 50.2 Å². The third-order valence-electron chi connectivity index (χ3n) is 5.05. The van der Waals surface area contributed by atoms with Crippen molar-refractivity contribution in [2.45, 2.75) is 20.3 Å². The van der Waals surface area contributed by atoms with Crippen LogP contribution >= 0.6 is 11.8 Å². The van der Waals surface area contributed by atoms with E-state index >= 15 is 0 Å². The minimum atomic E-state index is -0.894. The van der Waals surface area contributed by atoms with Gasteiger partial charge in [0.1, 0.15) is 0 Å². The smallest absolute Gasteiger partial charge is 0.313 e. The number of thioether (sulfide) groups is 1. The van der Waals surface area contributed by atoms with Gasteiger partial charge in [-0.15, -0.1) is 0 Å². The second-order valence-electron chi connectivity index (χ2n) is 7.43. The fourth-order valence-corrected chi connectivity index (χ4v) is 3.97. The summed E-state index contributed by atoms with van der Waals surface area (Å²) < 4.78 is 0. The highest BCUT2D eigenvalue weighted by molar-refractivity contribution is 8.14. The molecular formula is C25H26N4O3S. The maximum absolute atomic E-state index is 12.9. The van der Waals surface area contributed by atoms with Gasteiger partial charge in [-0.1, -0.05) is 43.8 Å². The van der Waals surface area contributed by atoms with E-state index in [2.05, 4.69) is 20.3 Å². The first-order chi connectivity index (χ1) is 15.9. The fraction of sp³-hybridized carbons (Fsp3) is 0.240. The molecule has 170 valence electrons. The zero-order chi connectivity index (χ0) is 23.8. The van der Waals surface area contributed by atoms with Gasteiger partial charge in [-0.3, -0.25) is 19.6 Å². The third kappa shape index (κ3) is 6.49. The standard InChI is InChI=1S/C25H26N4O3S/c1-4-16(2)25(33-15-22(30)31)29-23(26-3)18-7-5-8-19(13-18)24(32)28-20-10-11-21-17(14-20)9-6-12-27-21/h5-14,16H,4,15H2,1-3H3,(H,28,32)(H,30,31). The Hall–Kier alpha value is -3.52. The maximum atomic E-state index is 12.9. The van der Waals surface area contributed by atoms with Crippen LogP contribution in [-0.2, 0) is 4.79 Å². The van der Waals surface area contributed by atoms with E-state index in [1.165, 1.54) is 11.8 Å². The van der Waals surface area contributed by atoms with Gasteiger partial charge in [0.25, 0.3) is 5.91 Å². The summed E-state index contributed by atoms with van der Waals surface area (Å²) in [5.41, 5.74) is 2.69. The first-order valence-electron chi connectivity index (χ1n) is 10.6. The van der Waals surface area contributed by atoms with Crippen LogP contribution in [0.2, 0.25) is 0 Å². The van der Waals surface area contributed by atoms with Gasteiger partial charge in [-0.05, 0) is 42.8 Å². The largest absolute Gasteiger partial charge is 0.481 e. The van der Waals surface area contributed by atoms with Crippen LogP contribution in [0.3, 0.4) is 0 Å². The molecule has 33 heavy (non-hydrogen) atoms. The summed E-state index contributed by atoms with van der Waals surface area (Å²) in [6.45, 7) is 4.03. The van der Waals surface area contributed by atoms with Crippen LogP contribution in [0.1, 0.15) is 36.2 Å². The molecule has 0 spiro atoms. The molecule has 0 bridgehead atoms. The van der Waals surface area contributed by atoms with E-state index < -0.39 is 5.97 Å². The van der Waals surface area contributed by atoms with Crippen LogP contribution in [0, 0.1) is 5.92 Å². The molecule has 0 aliphatic carbocycles. The Morgan fingerprint density at radius 2 is 1.91 bits per heavy atom. The van der Waals surface area contributed by atoms with E-state index in [4.69, 9.17) is 5.11 Å². The van der Waals surface area contributed by atoms with Crippen LogP contribution in [0.5, 0.6) is 0 Å². The highest BCUT2D eigenvalue weighted by Crippen LogP contribution is 2.20. The van der Waals surface area contributed by atoms with Gasteiger partial charge < -0.3 is 10.4 Å². The monoisotopic (exact) mass is 462 g/mol. The second kappa shape index (κ2) is 11.4. The fourth-order valence-electron chi connectivity index (χ4n) is 3.10. The van der Waals surface area contributed by atoms with Crippen LogP contribution < -0.4 is 5.32 Å². The van der Waals surface area contributed by atoms with Gasteiger partial charge >= 0.3 is 5.97 Å². The van der Waals surface area contributed by atoms with Crippen molar-refractivity contribution in [2.24, 2.45) is 15.9 Å². The number of aliphatic imine (C=N–C) groups is 2. The lowest BCUT2D eigenvalue weighted by atomic mass is 10.1. The lowest BCUT2D eigenvalue weighted by Gasteiger charge is -2.13. The summed E-state index contributed by atoms with van der Waals surface area (Å²) in [4.78, 5) is 37.2. The predicted molar refractivity (Wildman–Crippen MR) is 136 cm³/mol. The van der Waals surface area contributed by atoms with Crippen molar-refractivity contribution in [1.29, 1.82) is 0 Å². The van der Waals surface area contributed by atoms with Crippen molar-refractivity contribution in [3.63, 3.8) is 0 Å². The number of carboxylic acids is 1. The molecule has 1 unspecified atom stereocenters. The Labute approximate surface area is 197 Å². The number of nitrogens with one attached hydrogen (secondary N) is 1. The average Bonchev–Trinajstić information content (AvgIpc) is 2.83. The Kier molecular flexibility index (Phi) is 8.32. The summed E-state index contributed by atoms with van der Waals surface area (Å²) >= 11 is 1.20. The molecule has 2 N–H and O–H groups in total. The van der Waals surface area contributed by atoms with Crippen molar-refractivity contribution in [3.05, 3.63) is 71.9 Å². The molecule has 1 heterocycles. The molecule has 0 saturated carbocycles. The zero-order valence-corrected chi connectivity index (χ0v) is 19.6. The molecule has 0 radical (unpaired) electrons. The highest BCUT2D eigenvalue weighted by Gasteiger charge is 2.15. The molecule has 7 nitrogen and oxygen atoms in total. The first-order valence-corrected chi connectivity index (χ1v) is 11.6. The van der Waals surface area contributed by atoms with Crippen LogP contribution in [0.25, 0.3) is 10.9 Å².